The Morgan fingerprint density at radius 2 is 2.04 bits per heavy atom. The topological polar surface area (TPSA) is 62.6 Å². The molecular weight excluding hydrogens is 330 g/mol. The van der Waals surface area contributed by atoms with Crippen LogP contribution in [0.3, 0.4) is 0 Å². The number of amides is 2. The molecule has 2 amide bonds. The highest BCUT2D eigenvalue weighted by Crippen LogP contribution is 2.18. The van der Waals surface area contributed by atoms with E-state index in [1.807, 2.05) is 22.6 Å². The highest BCUT2D eigenvalue weighted by Gasteiger charge is 2.25. The normalized spacial score (nSPS) is 22.5. The Hall–Kier alpha value is -1.60. The number of carbonyl (C=O) groups excluding carboxylic acids is 1. The molecule has 2 aliphatic rings. The lowest BCUT2D eigenvalue weighted by Crippen LogP contribution is -2.45. The average Bonchev–Trinajstić information content (AvgIpc) is 2.83. The maximum Gasteiger partial charge on any atom is 0.323 e. The first-order chi connectivity index (χ1) is 12.5. The van der Waals surface area contributed by atoms with Crippen LogP contribution in [0.5, 0.6) is 0 Å². The first-order valence-corrected chi connectivity index (χ1v) is 9.99. The highest BCUT2D eigenvalue weighted by molar-refractivity contribution is 5.88. The first-order valence-electron chi connectivity index (χ1n) is 9.99. The number of aryl methyl sites for hydroxylation is 1. The molecule has 2 aliphatic heterocycles. The fraction of sp³-hybridized carbons (Fsp3) is 0.789. The Bertz CT molecular complexity index is 595. The van der Waals surface area contributed by atoms with Crippen LogP contribution in [0, 0.1) is 6.92 Å². The zero-order valence-corrected chi connectivity index (χ0v) is 16.4. The number of nitrogens with one attached hydrogen (secondary N) is 1. The van der Waals surface area contributed by atoms with Crippen molar-refractivity contribution in [3.8, 4) is 0 Å². The maximum absolute atomic E-state index is 12.8. The van der Waals surface area contributed by atoms with Gasteiger partial charge in [0, 0.05) is 38.3 Å². The zero-order valence-electron chi connectivity index (χ0n) is 16.4. The molecule has 0 spiro atoms. The number of likely N-dealkylation sites (tertiary alicyclic amines) is 1. The Kier molecular flexibility index (Phi) is 6.53. The number of urea groups is 1. The van der Waals surface area contributed by atoms with Crippen LogP contribution in [-0.2, 0) is 4.74 Å². The Labute approximate surface area is 156 Å². The second-order valence-corrected chi connectivity index (χ2v) is 7.79. The molecule has 1 aromatic rings. The smallest absolute Gasteiger partial charge is 0.323 e. The largest absolute Gasteiger partial charge is 0.375 e. The van der Waals surface area contributed by atoms with E-state index in [1.165, 1.54) is 19.3 Å². The van der Waals surface area contributed by atoms with Crippen LogP contribution in [0.25, 0.3) is 0 Å². The molecule has 7 nitrogen and oxygen atoms in total. The molecule has 7 heteroatoms. The number of ether oxygens (including phenoxy) is 1. The number of hydrogen-bond donors (Lipinski definition) is 1. The van der Waals surface area contributed by atoms with Gasteiger partial charge in [-0.25, -0.2) is 9.48 Å². The quantitative estimate of drug-likeness (QED) is 0.893. The summed E-state index contributed by atoms with van der Waals surface area (Å²) in [6.45, 7) is 11.4. The third-order valence-corrected chi connectivity index (χ3v) is 5.13. The zero-order chi connectivity index (χ0) is 18.5. The highest BCUT2D eigenvalue weighted by atomic mass is 16.5. The van der Waals surface area contributed by atoms with Crippen molar-refractivity contribution < 1.29 is 9.53 Å². The summed E-state index contributed by atoms with van der Waals surface area (Å²) >= 11 is 0. The van der Waals surface area contributed by atoms with Crippen molar-refractivity contribution in [1.29, 1.82) is 0 Å². The molecule has 3 heterocycles. The van der Waals surface area contributed by atoms with Crippen LogP contribution < -0.4 is 5.32 Å². The number of rotatable bonds is 4. The lowest BCUT2D eigenvalue weighted by atomic mass is 10.1. The Balaban J connectivity index is 1.60. The molecule has 0 unspecified atom stereocenters. The van der Waals surface area contributed by atoms with E-state index >= 15 is 0 Å². The maximum atomic E-state index is 12.8. The summed E-state index contributed by atoms with van der Waals surface area (Å²) in [7, 11) is 0. The molecule has 1 aromatic heterocycles. The fourth-order valence-corrected chi connectivity index (χ4v) is 3.81. The molecule has 0 saturated carbocycles. The molecule has 26 heavy (non-hydrogen) atoms. The van der Waals surface area contributed by atoms with E-state index in [9.17, 15) is 4.79 Å². The van der Waals surface area contributed by atoms with Crippen molar-refractivity contribution in [3.63, 3.8) is 0 Å². The van der Waals surface area contributed by atoms with Gasteiger partial charge >= 0.3 is 6.03 Å². The van der Waals surface area contributed by atoms with Crippen molar-refractivity contribution >= 4 is 11.8 Å². The summed E-state index contributed by atoms with van der Waals surface area (Å²) in [6, 6.07) is 2.08. The van der Waals surface area contributed by atoms with E-state index < -0.39 is 0 Å². The summed E-state index contributed by atoms with van der Waals surface area (Å²) in [5.41, 5.74) is 0.913. The van der Waals surface area contributed by atoms with Gasteiger partial charge in [0.05, 0.1) is 11.8 Å². The molecular formula is C19H33N5O2. The molecule has 146 valence electrons. The van der Waals surface area contributed by atoms with Crippen LogP contribution in [0.1, 0.15) is 51.3 Å². The van der Waals surface area contributed by atoms with E-state index in [1.54, 1.807) is 0 Å². The van der Waals surface area contributed by atoms with Gasteiger partial charge in [-0.15, -0.1) is 0 Å². The van der Waals surface area contributed by atoms with Gasteiger partial charge in [0.1, 0.15) is 5.82 Å². The molecule has 0 radical (unpaired) electrons. The second-order valence-electron chi connectivity index (χ2n) is 7.79. The number of nitrogens with zero attached hydrogens (tertiary/aromatic N) is 4. The third kappa shape index (κ3) is 4.98. The van der Waals surface area contributed by atoms with Gasteiger partial charge in [-0.05, 0) is 53.1 Å². The Morgan fingerprint density at radius 3 is 2.77 bits per heavy atom. The predicted molar refractivity (Wildman–Crippen MR) is 103 cm³/mol. The van der Waals surface area contributed by atoms with Gasteiger partial charge in [-0.3, -0.25) is 5.32 Å². The van der Waals surface area contributed by atoms with Crippen LogP contribution in [0.4, 0.5) is 10.6 Å². The second kappa shape index (κ2) is 8.86. The number of piperidine rings is 1. The van der Waals surface area contributed by atoms with Crippen molar-refractivity contribution in [2.24, 2.45) is 0 Å². The van der Waals surface area contributed by atoms with Gasteiger partial charge in [0.25, 0.3) is 0 Å². The van der Waals surface area contributed by atoms with E-state index in [4.69, 9.17) is 4.74 Å². The van der Waals surface area contributed by atoms with E-state index in [0.29, 0.717) is 6.54 Å². The standard InChI is InChI=1S/C19H33N5O2/c1-15(2)24-18(12-16(3)21-24)20-19(25)23-10-7-11-26-17(14-23)13-22-8-5-4-6-9-22/h12,15,17H,4-11,13-14H2,1-3H3,(H,20,25)/t17-/m0/s1. The van der Waals surface area contributed by atoms with Gasteiger partial charge in [-0.2, -0.15) is 5.10 Å². The number of anilines is 1. The SMILES string of the molecule is Cc1cc(NC(=O)N2CCCO[C@@H](CN3CCCCC3)C2)n(C(C)C)n1. The lowest BCUT2D eigenvalue weighted by molar-refractivity contribution is 0.0261. The minimum absolute atomic E-state index is 0.0547. The molecule has 1 atom stereocenters. The molecule has 3 rings (SSSR count). The molecule has 2 fully saturated rings. The summed E-state index contributed by atoms with van der Waals surface area (Å²) in [4.78, 5) is 17.2. The molecule has 1 N–H and O–H groups in total. The summed E-state index contributed by atoms with van der Waals surface area (Å²) in [6.07, 6.45) is 4.86. The predicted octanol–water partition coefficient (Wildman–Crippen LogP) is 2.88. The van der Waals surface area contributed by atoms with Crippen LogP contribution >= 0.6 is 0 Å². The van der Waals surface area contributed by atoms with E-state index in [2.05, 4.69) is 29.2 Å². The Morgan fingerprint density at radius 1 is 1.27 bits per heavy atom. The van der Waals surface area contributed by atoms with Crippen molar-refractivity contribution in [1.82, 2.24) is 19.6 Å². The molecule has 0 aromatic carbocycles. The number of carbonyl (C=O) groups is 1. The van der Waals surface area contributed by atoms with Gasteiger partial charge in [0.15, 0.2) is 0 Å². The minimum atomic E-state index is -0.0547. The summed E-state index contributed by atoms with van der Waals surface area (Å²) < 4.78 is 7.89. The van der Waals surface area contributed by atoms with Crippen LogP contribution in [0.15, 0.2) is 6.07 Å². The van der Waals surface area contributed by atoms with Crippen molar-refractivity contribution in [2.45, 2.75) is 58.6 Å². The minimum Gasteiger partial charge on any atom is -0.375 e. The van der Waals surface area contributed by atoms with Gasteiger partial charge in [-0.1, -0.05) is 6.42 Å². The van der Waals surface area contributed by atoms with E-state index in [-0.39, 0.29) is 18.2 Å². The van der Waals surface area contributed by atoms with Crippen molar-refractivity contribution in [2.75, 3.05) is 44.6 Å². The van der Waals surface area contributed by atoms with Gasteiger partial charge < -0.3 is 14.5 Å². The monoisotopic (exact) mass is 363 g/mol. The molecule has 2 saturated heterocycles. The third-order valence-electron chi connectivity index (χ3n) is 5.13. The molecule has 0 bridgehead atoms. The lowest BCUT2D eigenvalue weighted by Gasteiger charge is -2.31. The van der Waals surface area contributed by atoms with Crippen molar-refractivity contribution in [3.05, 3.63) is 11.8 Å². The number of aromatic nitrogens is 2. The summed E-state index contributed by atoms with van der Waals surface area (Å²) in [5.74, 6) is 0.764. The van der Waals surface area contributed by atoms with Gasteiger partial charge in [0.2, 0.25) is 0 Å². The first kappa shape index (κ1) is 19.2. The van der Waals surface area contributed by atoms with E-state index in [0.717, 1.165) is 50.7 Å². The number of hydrogen-bond acceptors (Lipinski definition) is 4. The fourth-order valence-electron chi connectivity index (χ4n) is 3.81. The average molecular weight is 364 g/mol. The van der Waals surface area contributed by atoms with Crippen LogP contribution in [-0.4, -0.2) is 71.0 Å². The van der Waals surface area contributed by atoms with Crippen LogP contribution in [0.2, 0.25) is 0 Å². The summed E-state index contributed by atoms with van der Waals surface area (Å²) in [5, 5.41) is 7.52. The molecule has 0 aliphatic carbocycles.